The molecule has 0 atom stereocenters. The van der Waals surface area contributed by atoms with Gasteiger partial charge in [-0.2, -0.15) is 0 Å². The summed E-state index contributed by atoms with van der Waals surface area (Å²) in [7, 11) is 4.94. The SMILES string of the molecule is COc1ccc(C2(CNC(=O)N3CCc4cc(OC)c(OC)cc4C3)CC2)cc1. The van der Waals surface area contributed by atoms with E-state index in [4.69, 9.17) is 14.2 Å². The smallest absolute Gasteiger partial charge is 0.317 e. The van der Waals surface area contributed by atoms with Gasteiger partial charge in [-0.3, -0.25) is 0 Å². The maximum absolute atomic E-state index is 12.8. The molecule has 0 saturated heterocycles. The monoisotopic (exact) mass is 396 g/mol. The number of hydrogen-bond donors (Lipinski definition) is 1. The van der Waals surface area contributed by atoms with Crippen molar-refractivity contribution in [2.75, 3.05) is 34.4 Å². The third-order valence-corrected chi connectivity index (χ3v) is 6.14. The first-order chi connectivity index (χ1) is 14.1. The van der Waals surface area contributed by atoms with Gasteiger partial charge in [0.05, 0.1) is 21.3 Å². The Kier molecular flexibility index (Phi) is 5.26. The van der Waals surface area contributed by atoms with E-state index in [2.05, 4.69) is 17.4 Å². The molecule has 1 aliphatic carbocycles. The summed E-state index contributed by atoms with van der Waals surface area (Å²) in [5, 5.41) is 3.16. The quantitative estimate of drug-likeness (QED) is 0.812. The van der Waals surface area contributed by atoms with Crippen LogP contribution in [0.2, 0.25) is 0 Å². The third-order valence-electron chi connectivity index (χ3n) is 6.14. The number of nitrogens with zero attached hydrogens (tertiary/aromatic N) is 1. The molecule has 1 heterocycles. The van der Waals surface area contributed by atoms with Crippen LogP contribution in [0, 0.1) is 0 Å². The molecule has 2 aliphatic rings. The number of methoxy groups -OCH3 is 3. The Morgan fingerprint density at radius 3 is 2.24 bits per heavy atom. The van der Waals surface area contributed by atoms with Crippen LogP contribution in [0.3, 0.4) is 0 Å². The Morgan fingerprint density at radius 2 is 1.66 bits per heavy atom. The van der Waals surface area contributed by atoms with Gasteiger partial charge in [-0.05, 0) is 60.2 Å². The zero-order chi connectivity index (χ0) is 20.4. The first-order valence-corrected chi connectivity index (χ1v) is 9.99. The van der Waals surface area contributed by atoms with E-state index < -0.39 is 0 Å². The molecular weight excluding hydrogens is 368 g/mol. The zero-order valence-electron chi connectivity index (χ0n) is 17.3. The summed E-state index contributed by atoms with van der Waals surface area (Å²) >= 11 is 0. The highest BCUT2D eigenvalue weighted by Gasteiger charge is 2.44. The Morgan fingerprint density at radius 1 is 1.00 bits per heavy atom. The van der Waals surface area contributed by atoms with E-state index in [-0.39, 0.29) is 11.4 Å². The van der Waals surface area contributed by atoms with Gasteiger partial charge in [0.1, 0.15) is 5.75 Å². The number of ether oxygens (including phenoxy) is 3. The second-order valence-electron chi connectivity index (χ2n) is 7.81. The first-order valence-electron chi connectivity index (χ1n) is 9.99. The van der Waals surface area contributed by atoms with Gasteiger partial charge in [-0.15, -0.1) is 0 Å². The second kappa shape index (κ2) is 7.85. The minimum atomic E-state index is -0.00905. The van der Waals surface area contributed by atoms with Crippen molar-refractivity contribution in [3.63, 3.8) is 0 Å². The number of urea groups is 1. The van der Waals surface area contributed by atoms with Crippen molar-refractivity contribution in [1.29, 1.82) is 0 Å². The van der Waals surface area contributed by atoms with Gasteiger partial charge in [0.25, 0.3) is 0 Å². The number of nitrogens with one attached hydrogen (secondary N) is 1. The molecular formula is C23H28N2O4. The van der Waals surface area contributed by atoms with E-state index in [1.165, 1.54) is 11.1 Å². The minimum Gasteiger partial charge on any atom is -0.497 e. The molecule has 1 fully saturated rings. The van der Waals surface area contributed by atoms with Crippen molar-refractivity contribution < 1.29 is 19.0 Å². The molecule has 154 valence electrons. The molecule has 1 aliphatic heterocycles. The summed E-state index contributed by atoms with van der Waals surface area (Å²) in [4.78, 5) is 14.7. The van der Waals surface area contributed by atoms with Crippen LogP contribution in [0.4, 0.5) is 4.79 Å². The molecule has 0 radical (unpaired) electrons. The molecule has 2 aromatic carbocycles. The lowest BCUT2D eigenvalue weighted by Crippen LogP contribution is -2.45. The maximum atomic E-state index is 12.8. The van der Waals surface area contributed by atoms with Gasteiger partial charge in [-0.25, -0.2) is 4.79 Å². The standard InChI is InChI=1S/C23H28N2O4/c1-27-19-6-4-18(5-7-19)23(9-10-23)15-24-22(26)25-11-8-16-12-20(28-2)21(29-3)13-17(16)14-25/h4-7,12-13H,8-11,14-15H2,1-3H3,(H,24,26). The summed E-state index contributed by atoms with van der Waals surface area (Å²) in [6.45, 7) is 1.94. The number of fused-ring (bicyclic) bond motifs is 1. The minimum absolute atomic E-state index is 0.00905. The predicted molar refractivity (Wildman–Crippen MR) is 111 cm³/mol. The molecule has 2 amide bonds. The van der Waals surface area contributed by atoms with Gasteiger partial charge >= 0.3 is 6.03 Å². The predicted octanol–water partition coefficient (Wildman–Crippen LogP) is 3.51. The average Bonchev–Trinajstić information content (AvgIpc) is 3.57. The Balaban J connectivity index is 1.39. The van der Waals surface area contributed by atoms with E-state index in [0.717, 1.165) is 36.3 Å². The van der Waals surface area contributed by atoms with E-state index >= 15 is 0 Å². The fourth-order valence-corrected chi connectivity index (χ4v) is 4.08. The fourth-order valence-electron chi connectivity index (χ4n) is 4.08. The van der Waals surface area contributed by atoms with Gasteiger partial charge < -0.3 is 24.4 Å². The molecule has 0 aromatic heterocycles. The van der Waals surface area contributed by atoms with E-state index in [1.807, 2.05) is 29.2 Å². The molecule has 6 heteroatoms. The fraction of sp³-hybridized carbons (Fsp3) is 0.435. The molecule has 0 bridgehead atoms. The Bertz CT molecular complexity index is 890. The number of benzene rings is 2. The van der Waals surface area contributed by atoms with Gasteiger partial charge in [0.15, 0.2) is 11.5 Å². The highest BCUT2D eigenvalue weighted by molar-refractivity contribution is 5.75. The molecule has 1 saturated carbocycles. The Hall–Kier alpha value is -2.89. The zero-order valence-corrected chi connectivity index (χ0v) is 17.3. The van der Waals surface area contributed by atoms with Crippen molar-refractivity contribution in [2.24, 2.45) is 0 Å². The van der Waals surface area contributed by atoms with E-state index in [9.17, 15) is 4.79 Å². The molecule has 2 aromatic rings. The van der Waals surface area contributed by atoms with Crippen molar-refractivity contribution in [3.05, 3.63) is 53.1 Å². The van der Waals surface area contributed by atoms with Gasteiger partial charge in [0.2, 0.25) is 0 Å². The Labute approximate surface area is 171 Å². The highest BCUT2D eigenvalue weighted by atomic mass is 16.5. The highest BCUT2D eigenvalue weighted by Crippen LogP contribution is 2.48. The van der Waals surface area contributed by atoms with Crippen LogP contribution in [0.25, 0.3) is 0 Å². The summed E-state index contributed by atoms with van der Waals surface area (Å²) in [5.41, 5.74) is 3.65. The number of carbonyl (C=O) groups excluding carboxylic acids is 1. The largest absolute Gasteiger partial charge is 0.497 e. The van der Waals surface area contributed by atoms with Gasteiger partial charge in [0, 0.05) is 25.0 Å². The molecule has 29 heavy (non-hydrogen) atoms. The van der Waals surface area contributed by atoms with Crippen LogP contribution in [-0.4, -0.2) is 45.3 Å². The van der Waals surface area contributed by atoms with Crippen LogP contribution >= 0.6 is 0 Å². The van der Waals surface area contributed by atoms with Crippen LogP contribution in [0.15, 0.2) is 36.4 Å². The van der Waals surface area contributed by atoms with Crippen molar-refractivity contribution >= 4 is 6.03 Å². The molecule has 0 spiro atoms. The van der Waals surface area contributed by atoms with Crippen LogP contribution < -0.4 is 19.5 Å². The van der Waals surface area contributed by atoms with E-state index in [1.54, 1.807) is 21.3 Å². The van der Waals surface area contributed by atoms with Crippen LogP contribution in [0.1, 0.15) is 29.5 Å². The molecule has 6 nitrogen and oxygen atoms in total. The summed E-state index contributed by atoms with van der Waals surface area (Å²) < 4.78 is 16.0. The number of hydrogen-bond acceptors (Lipinski definition) is 4. The van der Waals surface area contributed by atoms with Crippen molar-refractivity contribution in [2.45, 2.75) is 31.2 Å². The first kappa shape index (κ1) is 19.4. The molecule has 1 N–H and O–H groups in total. The summed E-state index contributed by atoms with van der Waals surface area (Å²) in [5.74, 6) is 2.29. The van der Waals surface area contributed by atoms with Crippen LogP contribution in [0.5, 0.6) is 17.2 Å². The summed E-state index contributed by atoms with van der Waals surface area (Å²) in [6, 6.07) is 12.2. The topological polar surface area (TPSA) is 60.0 Å². The number of carbonyl (C=O) groups is 1. The third kappa shape index (κ3) is 3.84. The molecule has 0 unspecified atom stereocenters. The van der Waals surface area contributed by atoms with Crippen molar-refractivity contribution in [3.8, 4) is 17.2 Å². The second-order valence-corrected chi connectivity index (χ2v) is 7.81. The van der Waals surface area contributed by atoms with Gasteiger partial charge in [-0.1, -0.05) is 12.1 Å². The maximum Gasteiger partial charge on any atom is 0.317 e. The normalized spacial score (nSPS) is 16.6. The average molecular weight is 396 g/mol. The van der Waals surface area contributed by atoms with Crippen molar-refractivity contribution in [1.82, 2.24) is 10.2 Å². The number of rotatable bonds is 6. The lowest BCUT2D eigenvalue weighted by molar-refractivity contribution is 0.191. The number of amides is 2. The summed E-state index contributed by atoms with van der Waals surface area (Å²) in [6.07, 6.45) is 3.01. The molecule has 4 rings (SSSR count). The lowest BCUT2D eigenvalue weighted by Gasteiger charge is -2.30. The van der Waals surface area contributed by atoms with Crippen LogP contribution in [-0.2, 0) is 18.4 Å². The van der Waals surface area contributed by atoms with E-state index in [0.29, 0.717) is 25.4 Å². The lowest BCUT2D eigenvalue weighted by atomic mass is 9.96.